The molecule has 4 rings (SSSR count). The van der Waals surface area contributed by atoms with Gasteiger partial charge in [0.1, 0.15) is 0 Å². The topological polar surface area (TPSA) is 84.0 Å². The molecule has 2 amide bonds. The number of rotatable bonds is 4. The lowest BCUT2D eigenvalue weighted by Crippen LogP contribution is -2.15. The van der Waals surface area contributed by atoms with Crippen molar-refractivity contribution in [2.24, 2.45) is 0 Å². The second kappa shape index (κ2) is 8.46. The van der Waals surface area contributed by atoms with Gasteiger partial charge in [-0.05, 0) is 54.6 Å². The summed E-state index contributed by atoms with van der Waals surface area (Å²) in [6.45, 7) is 0. The summed E-state index contributed by atoms with van der Waals surface area (Å²) in [4.78, 5) is 33.4. The van der Waals surface area contributed by atoms with Crippen LogP contribution in [0.15, 0.2) is 79.1 Å². The van der Waals surface area contributed by atoms with Crippen LogP contribution >= 0.6 is 0 Å². The molecule has 1 aromatic heterocycles. The molecule has 6 nitrogen and oxygen atoms in total. The van der Waals surface area contributed by atoms with Gasteiger partial charge in [-0.3, -0.25) is 19.6 Å². The smallest absolute Gasteiger partial charge is 0.322 e. The maximum absolute atomic E-state index is 12.9. The van der Waals surface area contributed by atoms with Crippen LogP contribution in [-0.2, 0) is 6.18 Å². The molecule has 160 valence electrons. The molecular formula is C23H15F3N4O2. The van der Waals surface area contributed by atoms with E-state index in [2.05, 4.69) is 20.6 Å². The minimum absolute atomic E-state index is 0.0107. The molecule has 2 N–H and O–H groups in total. The van der Waals surface area contributed by atoms with Gasteiger partial charge in [-0.1, -0.05) is 12.1 Å². The Kier molecular flexibility index (Phi) is 5.55. The predicted molar refractivity (Wildman–Crippen MR) is 113 cm³/mol. The zero-order valence-electron chi connectivity index (χ0n) is 16.4. The molecule has 0 aliphatic carbocycles. The van der Waals surface area contributed by atoms with Gasteiger partial charge in [0.2, 0.25) is 0 Å². The average Bonchev–Trinajstić information content (AvgIpc) is 2.78. The molecule has 0 saturated heterocycles. The predicted octanol–water partition coefficient (Wildman–Crippen LogP) is 5.15. The maximum Gasteiger partial charge on any atom is 0.416 e. The van der Waals surface area contributed by atoms with Gasteiger partial charge < -0.3 is 10.6 Å². The quantitative estimate of drug-likeness (QED) is 0.463. The molecule has 0 unspecified atom stereocenters. The first kappa shape index (κ1) is 21.0. The van der Waals surface area contributed by atoms with Crippen molar-refractivity contribution in [1.29, 1.82) is 0 Å². The molecule has 0 spiro atoms. The summed E-state index contributed by atoms with van der Waals surface area (Å²) in [5.74, 6) is -1.02. The third-order valence-corrected chi connectivity index (χ3v) is 4.56. The van der Waals surface area contributed by atoms with Gasteiger partial charge in [-0.15, -0.1) is 0 Å². The second-order valence-electron chi connectivity index (χ2n) is 6.83. The first-order valence-electron chi connectivity index (χ1n) is 9.40. The number of hydrogen-bond donors (Lipinski definition) is 2. The van der Waals surface area contributed by atoms with E-state index >= 15 is 0 Å². The highest BCUT2D eigenvalue weighted by molar-refractivity contribution is 6.08. The molecule has 0 aliphatic heterocycles. The lowest BCUT2D eigenvalue weighted by Gasteiger charge is -2.11. The van der Waals surface area contributed by atoms with Crippen LogP contribution in [-0.4, -0.2) is 21.8 Å². The first-order chi connectivity index (χ1) is 15.3. The van der Waals surface area contributed by atoms with Gasteiger partial charge in [0, 0.05) is 34.9 Å². The van der Waals surface area contributed by atoms with Crippen molar-refractivity contribution < 1.29 is 22.8 Å². The number of anilines is 2. The Balaban J connectivity index is 1.49. The average molecular weight is 436 g/mol. The minimum atomic E-state index is -4.51. The Morgan fingerprint density at radius 1 is 0.688 bits per heavy atom. The Labute approximate surface area is 180 Å². The summed E-state index contributed by atoms with van der Waals surface area (Å²) >= 11 is 0. The van der Waals surface area contributed by atoms with Gasteiger partial charge >= 0.3 is 6.18 Å². The number of alkyl halides is 3. The Bertz CT molecular complexity index is 1320. The van der Waals surface area contributed by atoms with Crippen LogP contribution in [0.5, 0.6) is 0 Å². The van der Waals surface area contributed by atoms with E-state index < -0.39 is 23.6 Å². The number of benzene rings is 3. The van der Waals surface area contributed by atoms with Gasteiger partial charge in [0.05, 0.1) is 16.6 Å². The summed E-state index contributed by atoms with van der Waals surface area (Å²) in [5.41, 5.74) is 1.24. The molecule has 32 heavy (non-hydrogen) atoms. The van der Waals surface area contributed by atoms with Crippen molar-refractivity contribution in [1.82, 2.24) is 9.97 Å². The van der Waals surface area contributed by atoms with E-state index in [0.29, 0.717) is 22.3 Å². The van der Waals surface area contributed by atoms with E-state index in [1.165, 1.54) is 30.5 Å². The largest absolute Gasteiger partial charge is 0.416 e. The molecule has 0 atom stereocenters. The molecule has 9 heteroatoms. The molecule has 0 radical (unpaired) electrons. The van der Waals surface area contributed by atoms with E-state index in [4.69, 9.17) is 0 Å². The van der Waals surface area contributed by atoms with Crippen molar-refractivity contribution in [3.05, 3.63) is 95.8 Å². The first-order valence-corrected chi connectivity index (χ1v) is 9.40. The van der Waals surface area contributed by atoms with Crippen molar-refractivity contribution in [2.75, 3.05) is 10.6 Å². The number of amides is 2. The molecule has 4 aromatic rings. The normalized spacial score (nSPS) is 11.2. The molecule has 3 aromatic carbocycles. The van der Waals surface area contributed by atoms with Gasteiger partial charge in [0.25, 0.3) is 11.8 Å². The highest BCUT2D eigenvalue weighted by Gasteiger charge is 2.30. The summed E-state index contributed by atoms with van der Waals surface area (Å²) in [6.07, 6.45) is -1.44. The van der Waals surface area contributed by atoms with Gasteiger partial charge in [-0.25, -0.2) is 0 Å². The zero-order chi connectivity index (χ0) is 22.7. The lowest BCUT2D eigenvalue weighted by molar-refractivity contribution is -0.137. The summed E-state index contributed by atoms with van der Waals surface area (Å²) in [5, 5.41) is 5.13. The molecule has 0 bridgehead atoms. The van der Waals surface area contributed by atoms with E-state index in [1.807, 2.05) is 0 Å². The Hall–Kier alpha value is -4.27. The van der Waals surface area contributed by atoms with Crippen LogP contribution < -0.4 is 10.6 Å². The van der Waals surface area contributed by atoms with Crippen LogP contribution in [0.1, 0.15) is 26.3 Å². The molecule has 0 fully saturated rings. The van der Waals surface area contributed by atoms with Crippen LogP contribution in [0, 0.1) is 0 Å². The number of carbonyl (C=O) groups is 2. The summed E-state index contributed by atoms with van der Waals surface area (Å²) in [6, 6.07) is 15.3. The minimum Gasteiger partial charge on any atom is -0.322 e. The second-order valence-corrected chi connectivity index (χ2v) is 6.83. The monoisotopic (exact) mass is 436 g/mol. The fraction of sp³-hybridized carbons (Fsp3) is 0.0435. The highest BCUT2D eigenvalue weighted by atomic mass is 19.4. The SMILES string of the molecule is O=C(Nc1cccc(C(F)(F)F)c1)c1cccc(NC(=O)c2ccc3nccnc3c2)c1. The molecular weight excluding hydrogens is 421 g/mol. The Morgan fingerprint density at radius 3 is 1.97 bits per heavy atom. The summed E-state index contributed by atoms with van der Waals surface area (Å²) < 4.78 is 38.6. The van der Waals surface area contributed by atoms with Crippen LogP contribution in [0.25, 0.3) is 11.0 Å². The van der Waals surface area contributed by atoms with Gasteiger partial charge in [0.15, 0.2) is 0 Å². The number of nitrogens with one attached hydrogen (secondary N) is 2. The zero-order valence-corrected chi connectivity index (χ0v) is 16.4. The van der Waals surface area contributed by atoms with E-state index in [0.717, 1.165) is 12.1 Å². The highest BCUT2D eigenvalue weighted by Crippen LogP contribution is 2.30. The van der Waals surface area contributed by atoms with Crippen molar-refractivity contribution in [3.63, 3.8) is 0 Å². The van der Waals surface area contributed by atoms with Crippen molar-refractivity contribution in [2.45, 2.75) is 6.18 Å². The molecule has 0 saturated carbocycles. The number of carbonyl (C=O) groups excluding carboxylic acids is 2. The van der Waals surface area contributed by atoms with E-state index in [1.54, 1.807) is 36.5 Å². The van der Waals surface area contributed by atoms with Crippen LogP contribution in [0.2, 0.25) is 0 Å². The molecule has 1 heterocycles. The van der Waals surface area contributed by atoms with E-state index in [9.17, 15) is 22.8 Å². The van der Waals surface area contributed by atoms with Crippen LogP contribution in [0.3, 0.4) is 0 Å². The number of hydrogen-bond acceptors (Lipinski definition) is 4. The molecule has 0 aliphatic rings. The number of fused-ring (bicyclic) bond motifs is 1. The number of nitrogens with zero attached hydrogens (tertiary/aromatic N) is 2. The summed E-state index contributed by atoms with van der Waals surface area (Å²) in [7, 11) is 0. The maximum atomic E-state index is 12.9. The third kappa shape index (κ3) is 4.72. The number of halogens is 3. The van der Waals surface area contributed by atoms with E-state index in [-0.39, 0.29) is 11.3 Å². The number of aromatic nitrogens is 2. The third-order valence-electron chi connectivity index (χ3n) is 4.56. The van der Waals surface area contributed by atoms with Crippen LogP contribution in [0.4, 0.5) is 24.5 Å². The van der Waals surface area contributed by atoms with Gasteiger partial charge in [-0.2, -0.15) is 13.2 Å². The Morgan fingerprint density at radius 2 is 1.28 bits per heavy atom. The standard InChI is InChI=1S/C23H15F3N4O2/c24-23(25,26)16-4-2-6-18(13-16)30-21(31)14-3-1-5-17(11-14)29-22(32)15-7-8-19-20(12-15)28-10-9-27-19/h1-13H,(H,29,32)(H,30,31). The fourth-order valence-corrected chi connectivity index (χ4v) is 3.02. The fourth-order valence-electron chi connectivity index (χ4n) is 3.02. The lowest BCUT2D eigenvalue weighted by atomic mass is 10.1. The van der Waals surface area contributed by atoms with Crippen molar-refractivity contribution >= 4 is 34.2 Å². The van der Waals surface area contributed by atoms with Crippen molar-refractivity contribution in [3.8, 4) is 0 Å².